The molecule has 2 aromatic carbocycles. The van der Waals surface area contributed by atoms with Crippen molar-refractivity contribution in [2.45, 2.75) is 19.6 Å². The standard InChI is InChI=1S/C21H20N4O2/c1-26-15-20-22-17-9-5-6-10-18(17)25(20)14-13-19-23-21(27-24-19)12-11-16-7-3-2-4-8-16/h2-12H,13-15H2,1H3/b12-11+. The number of benzene rings is 2. The highest BCUT2D eigenvalue weighted by Crippen LogP contribution is 2.17. The van der Waals surface area contributed by atoms with Gasteiger partial charge in [0.05, 0.1) is 11.0 Å². The molecule has 0 spiro atoms. The van der Waals surface area contributed by atoms with Crippen LogP contribution in [0.1, 0.15) is 23.1 Å². The molecule has 0 aliphatic rings. The lowest BCUT2D eigenvalue weighted by Gasteiger charge is -2.06. The molecule has 0 saturated carbocycles. The monoisotopic (exact) mass is 360 g/mol. The number of ether oxygens (including phenoxy) is 1. The van der Waals surface area contributed by atoms with Crippen LogP contribution in [-0.4, -0.2) is 26.8 Å². The summed E-state index contributed by atoms with van der Waals surface area (Å²) in [6.45, 7) is 1.17. The molecule has 4 aromatic rings. The van der Waals surface area contributed by atoms with Gasteiger partial charge in [-0.15, -0.1) is 0 Å². The van der Waals surface area contributed by atoms with Crippen molar-refractivity contribution < 1.29 is 9.26 Å². The predicted molar refractivity (Wildman–Crippen MR) is 104 cm³/mol. The summed E-state index contributed by atoms with van der Waals surface area (Å²) in [4.78, 5) is 9.10. The van der Waals surface area contributed by atoms with E-state index in [4.69, 9.17) is 9.26 Å². The largest absolute Gasteiger partial charge is 0.377 e. The molecular formula is C21H20N4O2. The first-order chi connectivity index (χ1) is 13.3. The molecule has 6 heteroatoms. The summed E-state index contributed by atoms with van der Waals surface area (Å²) in [6, 6.07) is 18.1. The van der Waals surface area contributed by atoms with Gasteiger partial charge in [-0.3, -0.25) is 0 Å². The third-order valence-corrected chi connectivity index (χ3v) is 4.27. The van der Waals surface area contributed by atoms with E-state index < -0.39 is 0 Å². The number of rotatable bonds is 7. The van der Waals surface area contributed by atoms with E-state index in [1.54, 1.807) is 7.11 Å². The molecular weight excluding hydrogens is 340 g/mol. The Morgan fingerprint density at radius 2 is 1.81 bits per heavy atom. The maximum atomic E-state index is 5.32. The van der Waals surface area contributed by atoms with Crippen LogP contribution in [-0.2, 0) is 24.3 Å². The molecule has 2 aromatic heterocycles. The molecule has 0 aliphatic heterocycles. The highest BCUT2D eigenvalue weighted by molar-refractivity contribution is 5.75. The molecule has 136 valence electrons. The number of aryl methyl sites for hydroxylation is 2. The van der Waals surface area contributed by atoms with Crippen LogP contribution in [0.4, 0.5) is 0 Å². The number of hydrogen-bond acceptors (Lipinski definition) is 5. The average Bonchev–Trinajstić information content (AvgIpc) is 3.30. The Hall–Kier alpha value is -3.25. The molecule has 0 radical (unpaired) electrons. The van der Waals surface area contributed by atoms with Gasteiger partial charge in [-0.25, -0.2) is 4.98 Å². The number of hydrogen-bond donors (Lipinski definition) is 0. The number of para-hydroxylation sites is 2. The zero-order valence-corrected chi connectivity index (χ0v) is 15.1. The highest BCUT2D eigenvalue weighted by Gasteiger charge is 2.11. The Balaban J connectivity index is 1.48. The van der Waals surface area contributed by atoms with E-state index in [-0.39, 0.29) is 0 Å². The summed E-state index contributed by atoms with van der Waals surface area (Å²) < 4.78 is 12.8. The van der Waals surface area contributed by atoms with Crippen LogP contribution in [0, 0.1) is 0 Å². The van der Waals surface area contributed by atoms with Gasteiger partial charge in [0.2, 0.25) is 0 Å². The predicted octanol–water partition coefficient (Wildman–Crippen LogP) is 3.98. The smallest absolute Gasteiger partial charge is 0.250 e. The van der Waals surface area contributed by atoms with Gasteiger partial charge in [0, 0.05) is 26.2 Å². The zero-order chi connectivity index (χ0) is 18.5. The molecule has 0 bridgehead atoms. The number of nitrogens with zero attached hydrogens (tertiary/aromatic N) is 4. The normalized spacial score (nSPS) is 11.6. The number of aromatic nitrogens is 4. The van der Waals surface area contributed by atoms with Crippen molar-refractivity contribution in [3.05, 3.63) is 77.7 Å². The second kappa shape index (κ2) is 7.97. The summed E-state index contributed by atoms with van der Waals surface area (Å²) in [5.74, 6) is 2.07. The van der Waals surface area contributed by atoms with E-state index in [1.165, 1.54) is 0 Å². The van der Waals surface area contributed by atoms with Crippen molar-refractivity contribution in [1.29, 1.82) is 0 Å². The van der Waals surface area contributed by atoms with Crippen LogP contribution in [0.2, 0.25) is 0 Å². The Morgan fingerprint density at radius 3 is 2.67 bits per heavy atom. The third kappa shape index (κ3) is 3.96. The van der Waals surface area contributed by atoms with E-state index in [9.17, 15) is 0 Å². The summed E-state index contributed by atoms with van der Waals surface area (Å²) in [5, 5.41) is 4.08. The summed E-state index contributed by atoms with van der Waals surface area (Å²) >= 11 is 0. The van der Waals surface area contributed by atoms with Crippen LogP contribution >= 0.6 is 0 Å². The second-order valence-corrected chi connectivity index (χ2v) is 6.14. The van der Waals surface area contributed by atoms with Crippen molar-refractivity contribution in [3.8, 4) is 0 Å². The van der Waals surface area contributed by atoms with Crippen LogP contribution in [0.25, 0.3) is 23.2 Å². The minimum atomic E-state index is 0.464. The molecule has 6 nitrogen and oxygen atoms in total. The van der Waals surface area contributed by atoms with Gasteiger partial charge in [0.15, 0.2) is 5.82 Å². The Labute approximate surface area is 157 Å². The van der Waals surface area contributed by atoms with E-state index in [0.29, 0.717) is 31.3 Å². The minimum absolute atomic E-state index is 0.464. The van der Waals surface area contributed by atoms with Gasteiger partial charge < -0.3 is 13.8 Å². The van der Waals surface area contributed by atoms with Gasteiger partial charge in [0.25, 0.3) is 5.89 Å². The van der Waals surface area contributed by atoms with Crippen LogP contribution < -0.4 is 0 Å². The van der Waals surface area contributed by atoms with Crippen molar-refractivity contribution >= 4 is 23.2 Å². The van der Waals surface area contributed by atoms with E-state index in [2.05, 4.69) is 25.8 Å². The molecule has 0 amide bonds. The second-order valence-electron chi connectivity index (χ2n) is 6.14. The van der Waals surface area contributed by atoms with Crippen molar-refractivity contribution in [2.75, 3.05) is 7.11 Å². The molecule has 0 fully saturated rings. The first-order valence-corrected chi connectivity index (χ1v) is 8.82. The fraction of sp³-hybridized carbons (Fsp3) is 0.190. The van der Waals surface area contributed by atoms with Gasteiger partial charge in [-0.05, 0) is 23.8 Å². The Morgan fingerprint density at radius 1 is 1.00 bits per heavy atom. The van der Waals surface area contributed by atoms with E-state index >= 15 is 0 Å². The maximum Gasteiger partial charge on any atom is 0.250 e. The number of methoxy groups -OCH3 is 1. The summed E-state index contributed by atoms with van der Waals surface area (Å²) in [6.07, 6.45) is 4.44. The molecule has 2 heterocycles. The quantitative estimate of drug-likeness (QED) is 0.499. The molecule has 0 saturated heterocycles. The molecule has 0 N–H and O–H groups in total. The molecule has 27 heavy (non-hydrogen) atoms. The first kappa shape index (κ1) is 17.2. The van der Waals surface area contributed by atoms with Crippen LogP contribution in [0.15, 0.2) is 59.1 Å². The number of fused-ring (bicyclic) bond motifs is 1. The van der Waals surface area contributed by atoms with Crippen LogP contribution in [0.5, 0.6) is 0 Å². The summed E-state index contributed by atoms with van der Waals surface area (Å²) in [7, 11) is 1.67. The maximum absolute atomic E-state index is 5.32. The molecule has 0 atom stereocenters. The average molecular weight is 360 g/mol. The minimum Gasteiger partial charge on any atom is -0.377 e. The lowest BCUT2D eigenvalue weighted by Crippen LogP contribution is -2.08. The molecule has 0 unspecified atom stereocenters. The topological polar surface area (TPSA) is 66.0 Å². The van der Waals surface area contributed by atoms with Gasteiger partial charge in [0.1, 0.15) is 12.4 Å². The van der Waals surface area contributed by atoms with E-state index in [1.807, 2.05) is 60.7 Å². The Bertz CT molecular complexity index is 1050. The molecule has 0 aliphatic carbocycles. The van der Waals surface area contributed by atoms with Crippen molar-refractivity contribution in [2.24, 2.45) is 0 Å². The lowest BCUT2D eigenvalue weighted by atomic mass is 10.2. The Kier molecular flexibility index (Phi) is 5.07. The first-order valence-electron chi connectivity index (χ1n) is 8.82. The van der Waals surface area contributed by atoms with Gasteiger partial charge in [-0.2, -0.15) is 4.98 Å². The van der Waals surface area contributed by atoms with Crippen molar-refractivity contribution in [3.63, 3.8) is 0 Å². The van der Waals surface area contributed by atoms with Gasteiger partial charge >= 0.3 is 0 Å². The van der Waals surface area contributed by atoms with Crippen LogP contribution in [0.3, 0.4) is 0 Å². The van der Waals surface area contributed by atoms with E-state index in [0.717, 1.165) is 22.4 Å². The van der Waals surface area contributed by atoms with Gasteiger partial charge in [-0.1, -0.05) is 47.6 Å². The zero-order valence-electron chi connectivity index (χ0n) is 15.1. The lowest BCUT2D eigenvalue weighted by molar-refractivity contribution is 0.174. The fourth-order valence-electron chi connectivity index (χ4n) is 2.99. The number of imidazole rings is 1. The molecule has 4 rings (SSSR count). The third-order valence-electron chi connectivity index (χ3n) is 4.27. The summed E-state index contributed by atoms with van der Waals surface area (Å²) in [5.41, 5.74) is 3.13. The van der Waals surface area contributed by atoms with Crippen molar-refractivity contribution in [1.82, 2.24) is 19.7 Å². The SMILES string of the molecule is COCc1nc2ccccc2n1CCc1noc(/C=C/c2ccccc2)n1. The highest BCUT2D eigenvalue weighted by atomic mass is 16.5. The fourth-order valence-corrected chi connectivity index (χ4v) is 2.99.